The number of aromatic amines is 1. The van der Waals surface area contributed by atoms with Crippen LogP contribution in [-0.2, 0) is 6.61 Å². The second-order valence-corrected chi connectivity index (χ2v) is 6.05. The van der Waals surface area contributed by atoms with Gasteiger partial charge < -0.3 is 14.1 Å². The predicted molar refractivity (Wildman–Crippen MR) is 103 cm³/mol. The summed E-state index contributed by atoms with van der Waals surface area (Å²) in [5.74, 6) is 0.259. The summed E-state index contributed by atoms with van der Waals surface area (Å²) in [5.41, 5.74) is 5.89. The molecule has 7 heteroatoms. The normalized spacial score (nSPS) is 10.6. The largest absolute Gasteiger partial charge is 0.486 e. The molecule has 0 saturated heterocycles. The van der Waals surface area contributed by atoms with Crippen molar-refractivity contribution < 1.29 is 18.7 Å². The molecule has 4 rings (SSSR count). The fraction of sp³-hybridized carbons (Fsp3) is 0.0476. The third kappa shape index (κ3) is 3.88. The molecule has 0 unspecified atom stereocenters. The van der Waals surface area contributed by atoms with Crippen LogP contribution in [0.1, 0.15) is 26.8 Å². The number of fused-ring (bicyclic) bond motifs is 1. The molecule has 0 aliphatic heterocycles. The quantitative estimate of drug-likeness (QED) is 0.466. The summed E-state index contributed by atoms with van der Waals surface area (Å²) in [4.78, 5) is 27.4. The summed E-state index contributed by atoms with van der Waals surface area (Å²) in [5, 5.41) is 0.910. The number of amides is 2. The summed E-state index contributed by atoms with van der Waals surface area (Å²) in [6, 6.07) is 21.7. The van der Waals surface area contributed by atoms with Gasteiger partial charge in [0.25, 0.3) is 5.91 Å². The maximum absolute atomic E-state index is 12.2. The second-order valence-electron chi connectivity index (χ2n) is 6.05. The van der Waals surface area contributed by atoms with E-state index >= 15 is 0 Å². The molecule has 0 spiro atoms. The lowest BCUT2D eigenvalue weighted by atomic mass is 10.2. The zero-order valence-corrected chi connectivity index (χ0v) is 14.8. The van der Waals surface area contributed by atoms with Gasteiger partial charge in [0.15, 0.2) is 5.76 Å². The molecule has 0 atom stereocenters. The van der Waals surface area contributed by atoms with Crippen molar-refractivity contribution in [3.63, 3.8) is 0 Å². The van der Waals surface area contributed by atoms with E-state index in [0.717, 1.165) is 10.9 Å². The highest BCUT2D eigenvalue weighted by Gasteiger charge is 2.14. The van der Waals surface area contributed by atoms with Crippen LogP contribution in [-0.4, -0.2) is 16.8 Å². The second kappa shape index (κ2) is 7.71. The lowest BCUT2D eigenvalue weighted by Gasteiger charge is -2.05. The number of benzene rings is 2. The van der Waals surface area contributed by atoms with E-state index in [9.17, 15) is 9.59 Å². The summed E-state index contributed by atoms with van der Waals surface area (Å²) < 4.78 is 11.0. The van der Waals surface area contributed by atoms with Crippen molar-refractivity contribution >= 4 is 22.7 Å². The van der Waals surface area contributed by atoms with Crippen LogP contribution in [0.2, 0.25) is 0 Å². The van der Waals surface area contributed by atoms with E-state index in [1.165, 1.54) is 6.07 Å². The predicted octanol–water partition coefficient (Wildman–Crippen LogP) is 3.41. The first-order valence-corrected chi connectivity index (χ1v) is 8.64. The zero-order valence-electron chi connectivity index (χ0n) is 14.8. The van der Waals surface area contributed by atoms with Crippen molar-refractivity contribution in [1.29, 1.82) is 0 Å². The fourth-order valence-corrected chi connectivity index (χ4v) is 2.69. The molecular formula is C21H17N3O4. The standard InChI is InChI=1S/C21H17N3O4/c25-20(18-12-14-6-4-5-9-17(14)22-18)23-24-21(26)19-11-10-16(28-19)13-27-15-7-2-1-3-8-15/h1-12,22H,13H2,(H,23,25)(H,24,26). The van der Waals surface area contributed by atoms with Crippen LogP contribution in [0.5, 0.6) is 5.75 Å². The lowest BCUT2D eigenvalue weighted by molar-refractivity contribution is 0.0826. The Morgan fingerprint density at radius 2 is 1.64 bits per heavy atom. The third-order valence-corrected chi connectivity index (χ3v) is 4.07. The molecule has 140 valence electrons. The number of para-hydroxylation sites is 2. The Morgan fingerprint density at radius 3 is 2.46 bits per heavy atom. The van der Waals surface area contributed by atoms with Gasteiger partial charge in [0.2, 0.25) is 0 Å². The van der Waals surface area contributed by atoms with E-state index in [1.807, 2.05) is 54.6 Å². The Labute approximate surface area is 160 Å². The Hall–Kier alpha value is -4.00. The highest BCUT2D eigenvalue weighted by Crippen LogP contribution is 2.15. The van der Waals surface area contributed by atoms with Gasteiger partial charge in [-0.05, 0) is 36.4 Å². The van der Waals surface area contributed by atoms with Gasteiger partial charge in [-0.2, -0.15) is 0 Å². The number of furan rings is 1. The minimum Gasteiger partial charge on any atom is -0.486 e. The molecule has 7 nitrogen and oxygen atoms in total. The molecule has 0 aliphatic rings. The summed E-state index contributed by atoms with van der Waals surface area (Å²) in [6.07, 6.45) is 0. The molecule has 4 aromatic rings. The van der Waals surface area contributed by atoms with Crippen LogP contribution in [0.25, 0.3) is 10.9 Å². The van der Waals surface area contributed by atoms with Gasteiger partial charge in [-0.3, -0.25) is 20.4 Å². The van der Waals surface area contributed by atoms with Crippen LogP contribution in [0.4, 0.5) is 0 Å². The number of H-pyrrole nitrogens is 1. The van der Waals surface area contributed by atoms with Gasteiger partial charge in [-0.25, -0.2) is 0 Å². The summed E-state index contributed by atoms with van der Waals surface area (Å²) in [7, 11) is 0. The van der Waals surface area contributed by atoms with Crippen LogP contribution in [0.3, 0.4) is 0 Å². The Balaban J connectivity index is 1.32. The van der Waals surface area contributed by atoms with E-state index in [0.29, 0.717) is 17.2 Å². The minimum absolute atomic E-state index is 0.0728. The highest BCUT2D eigenvalue weighted by atomic mass is 16.5. The third-order valence-electron chi connectivity index (χ3n) is 4.07. The zero-order chi connectivity index (χ0) is 19.3. The number of nitrogens with one attached hydrogen (secondary N) is 3. The number of rotatable bonds is 5. The van der Waals surface area contributed by atoms with Gasteiger partial charge in [0, 0.05) is 10.9 Å². The fourth-order valence-electron chi connectivity index (χ4n) is 2.69. The number of ether oxygens (including phenoxy) is 1. The molecule has 2 amide bonds. The van der Waals surface area contributed by atoms with E-state index in [1.54, 1.807) is 12.1 Å². The van der Waals surface area contributed by atoms with Crippen molar-refractivity contribution in [1.82, 2.24) is 15.8 Å². The van der Waals surface area contributed by atoms with E-state index < -0.39 is 11.8 Å². The van der Waals surface area contributed by atoms with Gasteiger partial charge in [-0.1, -0.05) is 36.4 Å². The monoisotopic (exact) mass is 375 g/mol. The molecule has 2 aromatic heterocycles. The van der Waals surface area contributed by atoms with E-state index in [2.05, 4.69) is 15.8 Å². The molecule has 0 saturated carbocycles. The average molecular weight is 375 g/mol. The smallest absolute Gasteiger partial charge is 0.305 e. The molecule has 2 aromatic carbocycles. The molecular weight excluding hydrogens is 358 g/mol. The van der Waals surface area contributed by atoms with Crippen molar-refractivity contribution in [2.24, 2.45) is 0 Å². The average Bonchev–Trinajstić information content (AvgIpc) is 3.38. The molecule has 0 aliphatic carbocycles. The number of aromatic nitrogens is 1. The van der Waals surface area contributed by atoms with E-state index in [4.69, 9.17) is 9.15 Å². The minimum atomic E-state index is -0.560. The first kappa shape index (κ1) is 17.4. The van der Waals surface area contributed by atoms with Gasteiger partial charge in [0.1, 0.15) is 23.8 Å². The Morgan fingerprint density at radius 1 is 0.893 bits per heavy atom. The molecule has 0 fully saturated rings. The molecule has 0 bridgehead atoms. The topological polar surface area (TPSA) is 96.4 Å². The van der Waals surface area contributed by atoms with Gasteiger partial charge in [-0.15, -0.1) is 0 Å². The van der Waals surface area contributed by atoms with Crippen LogP contribution in [0, 0.1) is 0 Å². The first-order chi connectivity index (χ1) is 13.7. The van der Waals surface area contributed by atoms with Gasteiger partial charge >= 0.3 is 5.91 Å². The Kier molecular flexibility index (Phi) is 4.79. The lowest BCUT2D eigenvalue weighted by Crippen LogP contribution is -2.41. The van der Waals surface area contributed by atoms with Crippen LogP contribution >= 0.6 is 0 Å². The first-order valence-electron chi connectivity index (χ1n) is 8.64. The summed E-state index contributed by atoms with van der Waals surface area (Å²) >= 11 is 0. The van der Waals surface area contributed by atoms with E-state index in [-0.39, 0.29) is 12.4 Å². The maximum Gasteiger partial charge on any atom is 0.305 e. The van der Waals surface area contributed by atoms with Gasteiger partial charge in [0.05, 0.1) is 0 Å². The molecule has 28 heavy (non-hydrogen) atoms. The van der Waals surface area contributed by atoms with Crippen LogP contribution < -0.4 is 15.6 Å². The maximum atomic E-state index is 12.2. The van der Waals surface area contributed by atoms with Crippen molar-refractivity contribution in [3.05, 3.63) is 90.0 Å². The van der Waals surface area contributed by atoms with Crippen LogP contribution in [0.15, 0.2) is 77.2 Å². The Bertz CT molecular complexity index is 1080. The number of hydrazine groups is 1. The summed E-state index contributed by atoms with van der Waals surface area (Å²) in [6.45, 7) is 0.193. The SMILES string of the molecule is O=C(NNC(=O)c1ccc(COc2ccccc2)o1)c1cc2ccccc2[nH]1. The number of carbonyl (C=O) groups is 2. The molecule has 2 heterocycles. The number of hydrogen-bond donors (Lipinski definition) is 3. The molecule has 0 radical (unpaired) electrons. The number of carbonyl (C=O) groups excluding carboxylic acids is 2. The highest BCUT2D eigenvalue weighted by molar-refractivity contribution is 6.00. The van der Waals surface area contributed by atoms with Crippen molar-refractivity contribution in [2.75, 3.05) is 0 Å². The molecule has 3 N–H and O–H groups in total. The van der Waals surface area contributed by atoms with Crippen molar-refractivity contribution in [2.45, 2.75) is 6.61 Å². The number of hydrogen-bond acceptors (Lipinski definition) is 4. The van der Waals surface area contributed by atoms with Crippen molar-refractivity contribution in [3.8, 4) is 5.75 Å².